The molecular weight excluding hydrogens is 201 g/mol. The number of rotatable bonds is 3. The Bertz CT molecular complexity index is 243. The smallest absolute Gasteiger partial charge is 0.449 e. The van der Waals surface area contributed by atoms with Gasteiger partial charge in [-0.2, -0.15) is 13.2 Å². The van der Waals surface area contributed by atoms with E-state index < -0.39 is 23.5 Å². The maximum Gasteiger partial charge on any atom is 0.449 e. The number of alkyl halides is 3. The number of hydrogen-bond donors (Lipinski definition) is 1. The number of halogens is 3. The van der Waals surface area contributed by atoms with E-state index >= 15 is 0 Å². The fourth-order valence-electron chi connectivity index (χ4n) is 0.798. The lowest BCUT2D eigenvalue weighted by Crippen LogP contribution is -2.19. The van der Waals surface area contributed by atoms with Gasteiger partial charge in [-0.3, -0.25) is 0 Å². The molecule has 0 aromatic carbocycles. The molecule has 0 fully saturated rings. The van der Waals surface area contributed by atoms with Crippen molar-refractivity contribution in [3.8, 4) is 0 Å². The van der Waals surface area contributed by atoms with Crippen molar-refractivity contribution in [1.82, 2.24) is 0 Å². The van der Waals surface area contributed by atoms with Crippen LogP contribution < -0.4 is 0 Å². The zero-order chi connectivity index (χ0) is 11.4. The molecule has 14 heavy (non-hydrogen) atoms. The van der Waals surface area contributed by atoms with Gasteiger partial charge >= 0.3 is 12.1 Å². The second kappa shape index (κ2) is 4.88. The monoisotopic (exact) mass is 212 g/mol. The molecule has 0 saturated heterocycles. The zero-order valence-corrected chi connectivity index (χ0v) is 7.81. The molecule has 0 spiro atoms. The number of carbonyl (C=O) groups excluding carboxylic acids is 1. The van der Waals surface area contributed by atoms with Crippen molar-refractivity contribution in [3.05, 3.63) is 11.3 Å². The Labute approximate surface area is 79.2 Å². The van der Waals surface area contributed by atoms with Crippen molar-refractivity contribution in [2.24, 2.45) is 0 Å². The molecule has 0 aliphatic heterocycles. The van der Waals surface area contributed by atoms with Gasteiger partial charge in [0, 0.05) is 0 Å². The van der Waals surface area contributed by atoms with Gasteiger partial charge in [0.05, 0.1) is 12.2 Å². The summed E-state index contributed by atoms with van der Waals surface area (Å²) in [6, 6.07) is 0. The second-order valence-electron chi connectivity index (χ2n) is 2.40. The number of allylic oxidation sites excluding steroid dienone is 1. The lowest BCUT2D eigenvalue weighted by Gasteiger charge is -2.10. The van der Waals surface area contributed by atoms with Crippen molar-refractivity contribution in [2.75, 3.05) is 6.61 Å². The molecule has 0 saturated carbocycles. The third kappa shape index (κ3) is 3.27. The van der Waals surface area contributed by atoms with Crippen molar-refractivity contribution >= 4 is 5.97 Å². The van der Waals surface area contributed by atoms with Gasteiger partial charge in [0.2, 0.25) is 5.76 Å². The number of aliphatic hydroxyl groups excluding tert-OH is 1. The van der Waals surface area contributed by atoms with E-state index in [1.807, 2.05) is 0 Å². The zero-order valence-electron chi connectivity index (χ0n) is 7.81. The molecule has 0 aromatic rings. The minimum Gasteiger partial charge on any atom is -0.504 e. The fourth-order valence-corrected chi connectivity index (χ4v) is 0.798. The van der Waals surface area contributed by atoms with E-state index in [-0.39, 0.29) is 13.0 Å². The van der Waals surface area contributed by atoms with Crippen LogP contribution >= 0.6 is 0 Å². The van der Waals surface area contributed by atoms with E-state index in [2.05, 4.69) is 4.74 Å². The summed E-state index contributed by atoms with van der Waals surface area (Å²) in [6.07, 6.45) is -5.14. The van der Waals surface area contributed by atoms with Gasteiger partial charge < -0.3 is 9.84 Å². The summed E-state index contributed by atoms with van der Waals surface area (Å²) in [6.45, 7) is 2.76. The Morgan fingerprint density at radius 1 is 1.36 bits per heavy atom. The van der Waals surface area contributed by atoms with Gasteiger partial charge in [-0.1, -0.05) is 6.92 Å². The molecule has 0 aliphatic carbocycles. The number of ether oxygens (including phenoxy) is 1. The van der Waals surface area contributed by atoms with E-state index in [1.54, 1.807) is 0 Å². The van der Waals surface area contributed by atoms with Crippen LogP contribution in [-0.4, -0.2) is 23.9 Å². The highest BCUT2D eigenvalue weighted by Gasteiger charge is 2.38. The third-order valence-electron chi connectivity index (χ3n) is 1.43. The Kier molecular flexibility index (Phi) is 4.46. The minimum absolute atomic E-state index is 0.0343. The number of carbonyl (C=O) groups is 1. The first-order chi connectivity index (χ1) is 6.34. The Morgan fingerprint density at radius 2 is 1.86 bits per heavy atom. The van der Waals surface area contributed by atoms with E-state index in [0.717, 1.165) is 0 Å². The first-order valence-electron chi connectivity index (χ1n) is 4.01. The molecule has 0 unspecified atom stereocenters. The van der Waals surface area contributed by atoms with E-state index in [9.17, 15) is 18.0 Å². The average Bonchev–Trinajstić information content (AvgIpc) is 2.04. The molecule has 0 bridgehead atoms. The van der Waals surface area contributed by atoms with Crippen LogP contribution in [0.2, 0.25) is 0 Å². The Morgan fingerprint density at radius 3 is 2.14 bits per heavy atom. The predicted octanol–water partition coefficient (Wildman–Crippen LogP) is 2.33. The maximum atomic E-state index is 12.0. The third-order valence-corrected chi connectivity index (χ3v) is 1.43. The van der Waals surface area contributed by atoms with E-state index in [0.29, 0.717) is 0 Å². The first kappa shape index (κ1) is 12.8. The molecule has 82 valence electrons. The fraction of sp³-hybridized carbons (Fsp3) is 0.625. The van der Waals surface area contributed by atoms with Gasteiger partial charge in [0.25, 0.3) is 0 Å². The predicted molar refractivity (Wildman–Crippen MR) is 42.6 cm³/mol. The molecule has 0 radical (unpaired) electrons. The van der Waals surface area contributed by atoms with Crippen molar-refractivity contribution in [3.63, 3.8) is 0 Å². The maximum absolute atomic E-state index is 12.0. The van der Waals surface area contributed by atoms with E-state index in [4.69, 9.17) is 5.11 Å². The molecule has 0 amide bonds. The second-order valence-corrected chi connectivity index (χ2v) is 2.40. The first-order valence-corrected chi connectivity index (χ1v) is 4.01. The number of hydrogen-bond acceptors (Lipinski definition) is 3. The SMILES string of the molecule is CCOC(=O)/C(CC)=C(\O)C(F)(F)F. The molecule has 0 rings (SSSR count). The largest absolute Gasteiger partial charge is 0.504 e. The molecular formula is C8H11F3O3. The van der Waals surface area contributed by atoms with E-state index in [1.165, 1.54) is 13.8 Å². The standard InChI is InChI=1S/C8H11F3O3/c1-3-5(7(13)14-4-2)6(12)8(9,10)11/h12H,3-4H2,1-2H3/b6-5-. The number of aliphatic hydroxyl groups is 1. The highest BCUT2D eigenvalue weighted by molar-refractivity contribution is 5.89. The van der Waals surface area contributed by atoms with Gasteiger partial charge in [0.1, 0.15) is 0 Å². The molecule has 0 atom stereocenters. The van der Waals surface area contributed by atoms with Gasteiger partial charge in [-0.05, 0) is 13.3 Å². The summed E-state index contributed by atoms with van der Waals surface area (Å²) in [5.74, 6) is -3.01. The Hall–Kier alpha value is -1.20. The van der Waals surface area contributed by atoms with Crippen molar-refractivity contribution in [2.45, 2.75) is 26.4 Å². The topological polar surface area (TPSA) is 46.5 Å². The van der Waals surface area contributed by atoms with Crippen LogP contribution in [0.25, 0.3) is 0 Å². The summed E-state index contributed by atoms with van der Waals surface area (Å²) >= 11 is 0. The quantitative estimate of drug-likeness (QED) is 0.443. The summed E-state index contributed by atoms with van der Waals surface area (Å²) in [7, 11) is 0. The van der Waals surface area contributed by atoms with Crippen LogP contribution in [0.15, 0.2) is 11.3 Å². The molecule has 6 heteroatoms. The van der Waals surface area contributed by atoms with Crippen molar-refractivity contribution < 1.29 is 27.8 Å². The van der Waals surface area contributed by atoms with Crippen LogP contribution in [-0.2, 0) is 9.53 Å². The summed E-state index contributed by atoms with van der Waals surface area (Å²) < 4.78 is 40.3. The average molecular weight is 212 g/mol. The summed E-state index contributed by atoms with van der Waals surface area (Å²) in [5.41, 5.74) is -0.751. The highest BCUT2D eigenvalue weighted by atomic mass is 19.4. The molecule has 1 N–H and O–H groups in total. The highest BCUT2D eigenvalue weighted by Crippen LogP contribution is 2.27. The minimum atomic E-state index is -4.90. The van der Waals surface area contributed by atoms with Crippen LogP contribution in [0.4, 0.5) is 13.2 Å². The lowest BCUT2D eigenvalue weighted by atomic mass is 10.1. The van der Waals surface area contributed by atoms with Crippen LogP contribution in [0, 0.1) is 0 Å². The summed E-state index contributed by atoms with van der Waals surface area (Å²) in [4.78, 5) is 10.9. The van der Waals surface area contributed by atoms with Crippen LogP contribution in [0.1, 0.15) is 20.3 Å². The molecule has 0 heterocycles. The molecule has 0 aromatic heterocycles. The normalized spacial score (nSPS) is 13.5. The van der Waals surface area contributed by atoms with Gasteiger partial charge in [-0.15, -0.1) is 0 Å². The van der Waals surface area contributed by atoms with Crippen LogP contribution in [0.5, 0.6) is 0 Å². The van der Waals surface area contributed by atoms with Crippen LogP contribution in [0.3, 0.4) is 0 Å². The van der Waals surface area contributed by atoms with Gasteiger partial charge in [-0.25, -0.2) is 4.79 Å². The summed E-state index contributed by atoms with van der Waals surface area (Å²) in [5, 5.41) is 8.70. The Balaban J connectivity index is 4.94. The molecule has 3 nitrogen and oxygen atoms in total. The van der Waals surface area contributed by atoms with Crippen molar-refractivity contribution in [1.29, 1.82) is 0 Å². The lowest BCUT2D eigenvalue weighted by molar-refractivity contribution is -0.143. The number of esters is 1. The van der Waals surface area contributed by atoms with Gasteiger partial charge in [0.15, 0.2) is 0 Å². The molecule has 0 aliphatic rings.